The zero-order valence-electron chi connectivity index (χ0n) is 16.7. The minimum Gasteiger partial charge on any atom is -0.497 e. The molecule has 1 heterocycles. The van der Waals surface area contributed by atoms with Crippen molar-refractivity contribution in [1.82, 2.24) is 4.57 Å². The highest BCUT2D eigenvalue weighted by Gasteiger charge is 2.14. The van der Waals surface area contributed by atoms with Crippen molar-refractivity contribution in [3.05, 3.63) is 90.1 Å². The number of nitrogens with zero attached hydrogens (tertiary/aromatic N) is 1. The molecule has 0 radical (unpaired) electrons. The molecule has 0 saturated heterocycles. The maximum absolute atomic E-state index is 12.7. The number of carbonyl (C=O) groups excluding carboxylic acids is 2. The summed E-state index contributed by atoms with van der Waals surface area (Å²) in [6, 6.07) is 23.6. The van der Waals surface area contributed by atoms with Crippen LogP contribution < -0.4 is 15.4 Å². The Morgan fingerprint density at radius 1 is 0.800 bits per heavy atom. The van der Waals surface area contributed by atoms with Gasteiger partial charge in [-0.1, -0.05) is 18.2 Å². The molecule has 2 N–H and O–H groups in total. The number of ether oxygens (including phenoxy) is 1. The van der Waals surface area contributed by atoms with Gasteiger partial charge in [0.15, 0.2) is 0 Å². The summed E-state index contributed by atoms with van der Waals surface area (Å²) in [6.45, 7) is 0. The fourth-order valence-electron chi connectivity index (χ4n) is 3.28. The summed E-state index contributed by atoms with van der Waals surface area (Å²) in [5, 5.41) is 6.73. The van der Waals surface area contributed by atoms with E-state index in [1.165, 1.54) is 0 Å². The number of carbonyl (C=O) groups is 2. The standard InChI is InChI=1S/C24H21N3O3/c1-27-21-6-4-3-5-17(21)15-22(27)24(29)26-18-9-7-16(8-10-18)23(28)25-19-11-13-20(30-2)14-12-19/h3-15H,1-2H3,(H,25,28)(H,26,29). The third-order valence-electron chi connectivity index (χ3n) is 4.94. The van der Waals surface area contributed by atoms with E-state index in [2.05, 4.69) is 10.6 Å². The van der Waals surface area contributed by atoms with Crippen LogP contribution in [0.1, 0.15) is 20.8 Å². The number of amides is 2. The van der Waals surface area contributed by atoms with Crippen molar-refractivity contribution < 1.29 is 14.3 Å². The molecule has 0 aliphatic heterocycles. The lowest BCUT2D eigenvalue weighted by Crippen LogP contribution is -2.16. The molecule has 0 bridgehead atoms. The highest BCUT2D eigenvalue weighted by molar-refractivity contribution is 6.07. The molecule has 0 fully saturated rings. The first-order valence-corrected chi connectivity index (χ1v) is 9.46. The van der Waals surface area contributed by atoms with Gasteiger partial charge in [-0.2, -0.15) is 0 Å². The van der Waals surface area contributed by atoms with Crippen LogP contribution in [0.15, 0.2) is 78.9 Å². The lowest BCUT2D eigenvalue weighted by molar-refractivity contribution is 0.101. The van der Waals surface area contributed by atoms with Crippen molar-refractivity contribution in [1.29, 1.82) is 0 Å². The molecule has 0 spiro atoms. The molecule has 1 aromatic heterocycles. The number of hydrogen-bond donors (Lipinski definition) is 2. The lowest BCUT2D eigenvalue weighted by Gasteiger charge is -2.09. The fraction of sp³-hybridized carbons (Fsp3) is 0.0833. The van der Waals surface area contributed by atoms with Gasteiger partial charge in [0.2, 0.25) is 0 Å². The third kappa shape index (κ3) is 3.89. The van der Waals surface area contributed by atoms with Crippen molar-refractivity contribution in [2.24, 2.45) is 7.05 Å². The van der Waals surface area contributed by atoms with E-state index in [1.807, 2.05) is 41.9 Å². The van der Waals surface area contributed by atoms with Crippen molar-refractivity contribution in [2.45, 2.75) is 0 Å². The first kappa shape index (κ1) is 19.3. The van der Waals surface area contributed by atoms with E-state index < -0.39 is 0 Å². The Labute approximate surface area is 174 Å². The molecule has 2 amide bonds. The van der Waals surface area contributed by atoms with Crippen molar-refractivity contribution >= 4 is 34.1 Å². The van der Waals surface area contributed by atoms with E-state index in [9.17, 15) is 9.59 Å². The molecule has 0 saturated carbocycles. The Hall–Kier alpha value is -4.06. The Bertz CT molecular complexity index is 1210. The Kier molecular flexibility index (Phi) is 5.22. The number of aromatic nitrogens is 1. The minimum atomic E-state index is -0.230. The first-order valence-electron chi connectivity index (χ1n) is 9.46. The van der Waals surface area contributed by atoms with E-state index in [-0.39, 0.29) is 11.8 Å². The molecule has 4 aromatic rings. The molecule has 0 aliphatic rings. The Morgan fingerprint density at radius 3 is 2.03 bits per heavy atom. The number of aryl methyl sites for hydroxylation is 1. The van der Waals surface area contributed by atoms with E-state index in [4.69, 9.17) is 4.74 Å². The third-order valence-corrected chi connectivity index (χ3v) is 4.94. The normalized spacial score (nSPS) is 10.6. The van der Waals surface area contributed by atoms with Crippen molar-refractivity contribution in [3.8, 4) is 5.75 Å². The number of nitrogens with one attached hydrogen (secondary N) is 2. The van der Waals surface area contributed by atoms with Crippen LogP contribution in [0.25, 0.3) is 10.9 Å². The summed E-state index contributed by atoms with van der Waals surface area (Å²) in [7, 11) is 3.46. The van der Waals surface area contributed by atoms with Crippen LogP contribution in [0.5, 0.6) is 5.75 Å². The highest BCUT2D eigenvalue weighted by atomic mass is 16.5. The summed E-state index contributed by atoms with van der Waals surface area (Å²) in [4.78, 5) is 25.1. The number of para-hydroxylation sites is 1. The molecule has 0 atom stereocenters. The van der Waals surface area contributed by atoms with Crippen LogP contribution in [0.4, 0.5) is 11.4 Å². The summed E-state index contributed by atoms with van der Waals surface area (Å²) in [6.07, 6.45) is 0. The molecular formula is C24H21N3O3. The van der Waals surface area contributed by atoms with Crippen LogP contribution in [-0.2, 0) is 7.05 Å². The molecule has 6 nitrogen and oxygen atoms in total. The van der Waals surface area contributed by atoms with Crippen LogP contribution >= 0.6 is 0 Å². The van der Waals surface area contributed by atoms with Gasteiger partial charge in [-0.25, -0.2) is 0 Å². The van der Waals surface area contributed by atoms with Crippen LogP contribution in [0, 0.1) is 0 Å². The number of hydrogen-bond acceptors (Lipinski definition) is 3. The zero-order valence-corrected chi connectivity index (χ0v) is 16.7. The van der Waals surface area contributed by atoms with E-state index in [0.29, 0.717) is 22.6 Å². The molecule has 6 heteroatoms. The molecule has 150 valence electrons. The zero-order chi connectivity index (χ0) is 21.1. The van der Waals surface area contributed by atoms with Gasteiger partial charge in [-0.05, 0) is 60.7 Å². The summed E-state index contributed by atoms with van der Waals surface area (Å²) < 4.78 is 6.97. The molecule has 0 aliphatic carbocycles. The summed E-state index contributed by atoms with van der Waals surface area (Å²) in [5.74, 6) is 0.287. The maximum Gasteiger partial charge on any atom is 0.272 e. The Morgan fingerprint density at radius 2 is 1.40 bits per heavy atom. The fourth-order valence-corrected chi connectivity index (χ4v) is 3.28. The van der Waals surface area contributed by atoms with E-state index in [1.54, 1.807) is 55.6 Å². The van der Waals surface area contributed by atoms with E-state index in [0.717, 1.165) is 16.7 Å². The smallest absolute Gasteiger partial charge is 0.272 e. The van der Waals surface area contributed by atoms with Gasteiger partial charge in [0, 0.05) is 34.9 Å². The number of methoxy groups -OCH3 is 1. The molecule has 30 heavy (non-hydrogen) atoms. The second kappa shape index (κ2) is 8.13. The van der Waals surface area contributed by atoms with Gasteiger partial charge in [0.25, 0.3) is 11.8 Å². The molecular weight excluding hydrogens is 378 g/mol. The predicted octanol–water partition coefficient (Wildman–Crippen LogP) is 4.69. The topological polar surface area (TPSA) is 72.4 Å². The minimum absolute atomic E-state index is 0.205. The maximum atomic E-state index is 12.7. The average molecular weight is 399 g/mol. The lowest BCUT2D eigenvalue weighted by atomic mass is 10.2. The van der Waals surface area contributed by atoms with Crippen molar-refractivity contribution in [2.75, 3.05) is 17.7 Å². The monoisotopic (exact) mass is 399 g/mol. The molecule has 3 aromatic carbocycles. The number of fused-ring (bicyclic) bond motifs is 1. The van der Waals surface area contributed by atoms with Gasteiger partial charge in [0.05, 0.1) is 7.11 Å². The average Bonchev–Trinajstić information content (AvgIpc) is 3.11. The summed E-state index contributed by atoms with van der Waals surface area (Å²) in [5.41, 5.74) is 3.35. The second-order valence-electron chi connectivity index (χ2n) is 6.86. The van der Waals surface area contributed by atoms with Crippen LogP contribution in [0.3, 0.4) is 0 Å². The predicted molar refractivity (Wildman–Crippen MR) is 118 cm³/mol. The SMILES string of the molecule is COc1ccc(NC(=O)c2ccc(NC(=O)c3cc4ccccc4n3C)cc2)cc1. The van der Waals surface area contributed by atoms with Crippen LogP contribution in [-0.4, -0.2) is 23.5 Å². The number of anilines is 2. The second-order valence-corrected chi connectivity index (χ2v) is 6.86. The Balaban J connectivity index is 1.44. The van der Waals surface area contributed by atoms with Gasteiger partial charge in [-0.3, -0.25) is 9.59 Å². The van der Waals surface area contributed by atoms with Gasteiger partial charge < -0.3 is 19.9 Å². The van der Waals surface area contributed by atoms with E-state index >= 15 is 0 Å². The largest absolute Gasteiger partial charge is 0.497 e. The van der Waals surface area contributed by atoms with Gasteiger partial charge in [-0.15, -0.1) is 0 Å². The molecule has 4 rings (SSSR count). The van der Waals surface area contributed by atoms with Crippen molar-refractivity contribution in [3.63, 3.8) is 0 Å². The number of benzene rings is 3. The summed E-state index contributed by atoms with van der Waals surface area (Å²) >= 11 is 0. The quantitative estimate of drug-likeness (QED) is 0.511. The van der Waals surface area contributed by atoms with Gasteiger partial charge in [0.1, 0.15) is 11.4 Å². The number of rotatable bonds is 5. The highest BCUT2D eigenvalue weighted by Crippen LogP contribution is 2.20. The molecule has 0 unspecified atom stereocenters. The van der Waals surface area contributed by atoms with Crippen LogP contribution in [0.2, 0.25) is 0 Å². The first-order chi connectivity index (χ1) is 14.5. The van der Waals surface area contributed by atoms with Gasteiger partial charge >= 0.3 is 0 Å².